The predicted molar refractivity (Wildman–Crippen MR) is 92.6 cm³/mol. The molecule has 0 saturated heterocycles. The van der Waals surface area contributed by atoms with Crippen molar-refractivity contribution in [2.75, 3.05) is 0 Å². The number of hydrogen-bond donors (Lipinski definition) is 3. The van der Waals surface area contributed by atoms with E-state index in [1.807, 2.05) is 38.5 Å². The molecule has 0 aliphatic carbocycles. The van der Waals surface area contributed by atoms with E-state index in [-0.39, 0.29) is 11.9 Å². The highest BCUT2D eigenvalue weighted by Gasteiger charge is 2.20. The molecule has 3 aromatic heterocycles. The predicted octanol–water partition coefficient (Wildman–Crippen LogP) is 2.30. The second-order valence-corrected chi connectivity index (χ2v) is 6.75. The van der Waals surface area contributed by atoms with Gasteiger partial charge in [0, 0.05) is 23.7 Å². The molecular formula is C16H16N6OS. The van der Waals surface area contributed by atoms with Crippen molar-refractivity contribution in [3.05, 3.63) is 53.9 Å². The molecule has 0 aromatic carbocycles. The zero-order valence-electron chi connectivity index (χ0n) is 13.2. The summed E-state index contributed by atoms with van der Waals surface area (Å²) >= 11 is 1.51. The minimum absolute atomic E-state index is 0.0635. The molecule has 3 N–H and O–H groups in total. The maximum Gasteiger partial charge on any atom is 0.260 e. The highest BCUT2D eigenvalue weighted by Crippen LogP contribution is 2.29. The van der Waals surface area contributed by atoms with Gasteiger partial charge < -0.3 is 10.6 Å². The first-order chi connectivity index (χ1) is 11.6. The van der Waals surface area contributed by atoms with Crippen LogP contribution in [-0.4, -0.2) is 31.8 Å². The summed E-state index contributed by atoms with van der Waals surface area (Å²) < 4.78 is 1.73. The molecule has 1 amide bonds. The lowest BCUT2D eigenvalue weighted by Gasteiger charge is -2.21. The largest absolute Gasteiger partial charge is 0.383 e. The fourth-order valence-corrected chi connectivity index (χ4v) is 3.60. The van der Waals surface area contributed by atoms with Crippen LogP contribution in [0.4, 0.5) is 0 Å². The van der Waals surface area contributed by atoms with Crippen molar-refractivity contribution in [1.82, 2.24) is 30.4 Å². The molecule has 1 aliphatic heterocycles. The van der Waals surface area contributed by atoms with Crippen LogP contribution in [0.5, 0.6) is 0 Å². The number of dihydropyridines is 1. The molecule has 7 nitrogen and oxygen atoms in total. The van der Waals surface area contributed by atoms with Gasteiger partial charge in [0.05, 0.1) is 28.9 Å². The number of aromatic nitrogens is 4. The molecule has 0 spiro atoms. The lowest BCUT2D eigenvalue weighted by Crippen LogP contribution is -2.36. The molecule has 0 bridgehead atoms. The van der Waals surface area contributed by atoms with Gasteiger partial charge in [-0.25, -0.2) is 4.52 Å². The van der Waals surface area contributed by atoms with Crippen LogP contribution in [0.3, 0.4) is 0 Å². The number of hydrogen-bond acceptors (Lipinski definition) is 5. The summed E-state index contributed by atoms with van der Waals surface area (Å²) in [5.41, 5.74) is 3.47. The second-order valence-electron chi connectivity index (χ2n) is 5.72. The molecule has 24 heavy (non-hydrogen) atoms. The number of carbonyl (C=O) groups is 1. The molecule has 0 radical (unpaired) electrons. The Morgan fingerprint density at radius 1 is 1.42 bits per heavy atom. The molecule has 1 unspecified atom stereocenters. The van der Waals surface area contributed by atoms with Crippen molar-refractivity contribution in [3.8, 4) is 10.4 Å². The highest BCUT2D eigenvalue weighted by atomic mass is 32.1. The van der Waals surface area contributed by atoms with Crippen molar-refractivity contribution < 1.29 is 4.79 Å². The number of thiazole rings is 1. The van der Waals surface area contributed by atoms with Gasteiger partial charge in [-0.3, -0.25) is 9.89 Å². The number of H-pyrrole nitrogens is 1. The van der Waals surface area contributed by atoms with Gasteiger partial charge in [0.2, 0.25) is 0 Å². The van der Waals surface area contributed by atoms with Gasteiger partial charge in [0.25, 0.3) is 5.91 Å². The maximum atomic E-state index is 12.7. The van der Waals surface area contributed by atoms with E-state index in [0.717, 1.165) is 26.5 Å². The summed E-state index contributed by atoms with van der Waals surface area (Å²) in [5.74, 6) is -0.153. The summed E-state index contributed by atoms with van der Waals surface area (Å²) in [6, 6.07) is 0.0635. The van der Waals surface area contributed by atoms with E-state index in [1.165, 1.54) is 11.3 Å². The van der Waals surface area contributed by atoms with Gasteiger partial charge in [0.1, 0.15) is 4.83 Å². The summed E-state index contributed by atoms with van der Waals surface area (Å²) in [5, 5.41) is 17.2. The average Bonchev–Trinajstić information content (AvgIpc) is 3.25. The molecule has 0 fully saturated rings. The number of nitrogens with one attached hydrogen (secondary N) is 3. The van der Waals surface area contributed by atoms with Crippen LogP contribution >= 0.6 is 11.3 Å². The van der Waals surface area contributed by atoms with E-state index in [1.54, 1.807) is 16.9 Å². The van der Waals surface area contributed by atoms with Gasteiger partial charge in [-0.05, 0) is 31.7 Å². The van der Waals surface area contributed by atoms with Gasteiger partial charge in [-0.15, -0.1) is 11.3 Å². The number of rotatable bonds is 3. The molecule has 1 aliphatic rings. The summed E-state index contributed by atoms with van der Waals surface area (Å²) in [4.78, 5) is 14.5. The number of amides is 1. The van der Waals surface area contributed by atoms with Crippen molar-refractivity contribution in [2.24, 2.45) is 0 Å². The summed E-state index contributed by atoms with van der Waals surface area (Å²) in [6.45, 7) is 3.99. The van der Waals surface area contributed by atoms with E-state index in [2.05, 4.69) is 25.9 Å². The lowest BCUT2D eigenvalue weighted by atomic mass is 10.1. The number of carbonyl (C=O) groups excluding carboxylic acids is 1. The van der Waals surface area contributed by atoms with Gasteiger partial charge in [0.15, 0.2) is 0 Å². The fourth-order valence-electron chi connectivity index (χ4n) is 2.56. The normalized spacial score (nSPS) is 17.3. The van der Waals surface area contributed by atoms with Gasteiger partial charge >= 0.3 is 0 Å². The van der Waals surface area contributed by atoms with Crippen LogP contribution in [0.15, 0.2) is 48.3 Å². The van der Waals surface area contributed by atoms with Crippen LogP contribution in [-0.2, 0) is 0 Å². The van der Waals surface area contributed by atoms with E-state index in [0.29, 0.717) is 5.56 Å². The summed E-state index contributed by atoms with van der Waals surface area (Å²) in [7, 11) is 0. The second kappa shape index (κ2) is 5.64. The number of aromatic amines is 1. The highest BCUT2D eigenvalue weighted by molar-refractivity contribution is 7.21. The third kappa shape index (κ3) is 2.50. The van der Waals surface area contributed by atoms with E-state index < -0.39 is 0 Å². The minimum atomic E-state index is -0.153. The fraction of sp³-hybridized carbons (Fsp3) is 0.188. The molecular weight excluding hydrogens is 324 g/mol. The lowest BCUT2D eigenvalue weighted by molar-refractivity contribution is 0.0965. The Balaban J connectivity index is 1.64. The zero-order chi connectivity index (χ0) is 16.7. The molecule has 122 valence electrons. The average molecular weight is 340 g/mol. The quantitative estimate of drug-likeness (QED) is 0.683. The third-order valence-corrected chi connectivity index (χ3v) is 5.05. The Bertz CT molecular complexity index is 962. The number of allylic oxidation sites excluding steroid dienone is 2. The third-order valence-electron chi connectivity index (χ3n) is 3.89. The first-order valence-electron chi connectivity index (χ1n) is 7.54. The number of fused-ring (bicyclic) bond motifs is 1. The first-order valence-corrected chi connectivity index (χ1v) is 8.35. The Morgan fingerprint density at radius 3 is 3.08 bits per heavy atom. The Kier molecular flexibility index (Phi) is 3.46. The molecule has 0 saturated carbocycles. The van der Waals surface area contributed by atoms with Crippen LogP contribution in [0.1, 0.15) is 24.2 Å². The zero-order valence-corrected chi connectivity index (χ0v) is 14.0. The minimum Gasteiger partial charge on any atom is -0.383 e. The Labute approximate surface area is 142 Å². The Morgan fingerprint density at radius 2 is 2.29 bits per heavy atom. The molecule has 4 heterocycles. The monoisotopic (exact) mass is 340 g/mol. The maximum absolute atomic E-state index is 12.7. The van der Waals surface area contributed by atoms with Crippen LogP contribution in [0.2, 0.25) is 0 Å². The van der Waals surface area contributed by atoms with Crippen molar-refractivity contribution in [3.63, 3.8) is 0 Å². The molecule has 8 heteroatoms. The van der Waals surface area contributed by atoms with Crippen LogP contribution < -0.4 is 10.6 Å². The topological polar surface area (TPSA) is 87.1 Å². The van der Waals surface area contributed by atoms with Crippen molar-refractivity contribution in [2.45, 2.75) is 19.9 Å². The Hall–Kier alpha value is -2.87. The van der Waals surface area contributed by atoms with E-state index in [9.17, 15) is 4.79 Å². The van der Waals surface area contributed by atoms with E-state index in [4.69, 9.17) is 0 Å². The van der Waals surface area contributed by atoms with E-state index >= 15 is 0 Å². The summed E-state index contributed by atoms with van der Waals surface area (Å²) in [6.07, 6.45) is 11.0. The van der Waals surface area contributed by atoms with Crippen LogP contribution in [0, 0.1) is 0 Å². The molecule has 3 aromatic rings. The SMILES string of the molecule is CC1=CNC(C)C(NC(=O)c2cnn3cc(-c4cn[nH]c4)sc23)=C1. The molecule has 4 rings (SSSR count). The van der Waals surface area contributed by atoms with Gasteiger partial charge in [-0.1, -0.05) is 0 Å². The van der Waals surface area contributed by atoms with Gasteiger partial charge in [-0.2, -0.15) is 10.2 Å². The first kappa shape index (κ1) is 14.7. The molecule has 1 atom stereocenters. The van der Waals surface area contributed by atoms with Crippen LogP contribution in [0.25, 0.3) is 15.3 Å². The van der Waals surface area contributed by atoms with Crippen molar-refractivity contribution >= 4 is 22.1 Å². The smallest absolute Gasteiger partial charge is 0.260 e. The van der Waals surface area contributed by atoms with Crippen molar-refractivity contribution in [1.29, 1.82) is 0 Å². The standard InChI is InChI=1S/C16H16N6OS/c1-9-3-13(10(2)17-4-9)21-15(23)12-7-20-22-8-14(24-16(12)22)11-5-18-19-6-11/h3-8,10,17H,1-2H3,(H,18,19)(H,21,23). The number of nitrogens with zero attached hydrogens (tertiary/aromatic N) is 3.